The van der Waals surface area contributed by atoms with Gasteiger partial charge in [0.2, 0.25) is 0 Å². The molecule has 0 aromatic rings. The van der Waals surface area contributed by atoms with E-state index in [2.05, 4.69) is 0 Å². The van der Waals surface area contributed by atoms with Crippen molar-refractivity contribution in [1.82, 2.24) is 0 Å². The van der Waals surface area contributed by atoms with Gasteiger partial charge in [0.05, 0.1) is 0 Å². The van der Waals surface area contributed by atoms with Crippen LogP contribution < -0.4 is 11.5 Å². The fourth-order valence-electron chi connectivity index (χ4n) is 1.19. The predicted octanol–water partition coefficient (Wildman–Crippen LogP) is -1.79. The molecule has 0 saturated heterocycles. The zero-order chi connectivity index (χ0) is 5.98. The monoisotopic (exact) mass is 379 g/mol. The molecule has 0 amide bonds. The molecule has 2 unspecified atom stereocenters. The van der Waals surface area contributed by atoms with Crippen LogP contribution in [0.4, 0.5) is 0 Å². The Bertz CT molecular complexity index is 79.0. The normalized spacial score (nSPS) is 24.5. The van der Waals surface area contributed by atoms with E-state index in [1.807, 2.05) is 0 Å². The van der Waals surface area contributed by atoms with Crippen molar-refractivity contribution in [2.75, 3.05) is 0 Å². The van der Waals surface area contributed by atoms with Gasteiger partial charge >= 0.3 is 21.1 Å². The van der Waals surface area contributed by atoms with Crippen molar-refractivity contribution in [1.29, 1.82) is 0 Å². The maximum Gasteiger partial charge on any atom is 2.00 e. The molecule has 0 heterocycles. The average Bonchev–Trinajstić information content (AvgIpc) is 1.77. The van der Waals surface area contributed by atoms with Gasteiger partial charge in [-0.15, -0.1) is 0 Å². The molecule has 13 heavy (non-hydrogen) atoms. The van der Waals surface area contributed by atoms with Crippen molar-refractivity contribution in [3.05, 3.63) is 0 Å². The van der Waals surface area contributed by atoms with Crippen molar-refractivity contribution in [2.45, 2.75) is 37.8 Å². The minimum absolute atomic E-state index is 0. The molecule has 1 fully saturated rings. The Morgan fingerprint density at radius 3 is 1.15 bits per heavy atom. The Hall–Kier alpha value is 0.448. The van der Waals surface area contributed by atoms with Gasteiger partial charge in [-0.2, -0.15) is 0 Å². The van der Waals surface area contributed by atoms with E-state index in [-0.39, 0.29) is 55.1 Å². The molecule has 0 aliphatic heterocycles. The first-order valence-corrected chi connectivity index (χ1v) is 3.32. The number of rotatable bonds is 0. The van der Waals surface area contributed by atoms with Crippen LogP contribution in [0.1, 0.15) is 25.7 Å². The van der Waals surface area contributed by atoms with Crippen LogP contribution in [-0.4, -0.2) is 34.0 Å². The zero-order valence-electron chi connectivity index (χ0n) is 7.35. The molecule has 1 aliphatic carbocycles. The molecule has 88 valence electrons. The van der Waals surface area contributed by atoms with E-state index in [9.17, 15) is 0 Å². The third-order valence-electron chi connectivity index (χ3n) is 1.87. The van der Waals surface area contributed by atoms with E-state index >= 15 is 0 Å². The molecule has 1 aliphatic rings. The van der Waals surface area contributed by atoms with Gasteiger partial charge in [-0.3, -0.25) is 0 Å². The summed E-state index contributed by atoms with van der Waals surface area (Å²) in [6, 6.07) is 0.562. The standard InChI is InChI=1S/C6H14N2.4H2O.Pt/c7-5-3-1-2-4-6(5)8;;;;;/h5-6H,1-4,7-8H2;4*1H2;/q;;;;;+2/p-2. The topological polar surface area (TPSA) is 175 Å². The number of hydrogen-bond acceptors (Lipinski definition) is 4. The van der Waals surface area contributed by atoms with Crippen LogP contribution in [0.3, 0.4) is 0 Å². The Morgan fingerprint density at radius 2 is 1.00 bits per heavy atom. The summed E-state index contributed by atoms with van der Waals surface area (Å²) in [5.41, 5.74) is 11.3. The van der Waals surface area contributed by atoms with E-state index in [4.69, 9.17) is 11.5 Å². The van der Waals surface area contributed by atoms with E-state index in [0.717, 1.165) is 12.8 Å². The second-order valence-corrected chi connectivity index (χ2v) is 2.61. The number of nitrogens with two attached hydrogens (primary N) is 2. The van der Waals surface area contributed by atoms with Crippen LogP contribution in [-0.2, 0) is 21.1 Å². The van der Waals surface area contributed by atoms with Crippen molar-refractivity contribution in [3.8, 4) is 0 Å². The molecule has 0 aromatic carbocycles. The Balaban J connectivity index is -0.0000000427. The van der Waals surface area contributed by atoms with Crippen LogP contribution >= 0.6 is 0 Å². The summed E-state index contributed by atoms with van der Waals surface area (Å²) in [4.78, 5) is 0. The molecule has 7 heteroatoms. The van der Waals surface area contributed by atoms with Crippen molar-refractivity contribution in [3.63, 3.8) is 0 Å². The Labute approximate surface area is 92.5 Å². The minimum Gasteiger partial charge on any atom is -0.870 e. The van der Waals surface area contributed by atoms with Crippen LogP contribution in [0.25, 0.3) is 0 Å². The zero-order valence-corrected chi connectivity index (χ0v) is 9.62. The first kappa shape index (κ1) is 29.2. The van der Waals surface area contributed by atoms with Crippen molar-refractivity contribution in [2.24, 2.45) is 11.5 Å². The van der Waals surface area contributed by atoms with E-state index < -0.39 is 0 Å². The molecule has 0 radical (unpaired) electrons. The van der Waals surface area contributed by atoms with E-state index in [1.54, 1.807) is 0 Å². The second-order valence-electron chi connectivity index (χ2n) is 2.61. The van der Waals surface area contributed by atoms with Gasteiger partial charge in [0.1, 0.15) is 0 Å². The SMILES string of the molecule is NC1CCCCC1N.O.O.[OH-].[OH-].[Pt+2]. The molecular weight excluding hydrogens is 359 g/mol. The first-order valence-electron chi connectivity index (χ1n) is 3.32. The number of hydrogen-bond donors (Lipinski definition) is 2. The second kappa shape index (κ2) is 14.9. The molecule has 1 saturated carbocycles. The van der Waals surface area contributed by atoms with Crippen LogP contribution in [0.15, 0.2) is 0 Å². The summed E-state index contributed by atoms with van der Waals surface area (Å²) in [6.45, 7) is 0. The third kappa shape index (κ3) is 10.4. The Morgan fingerprint density at radius 1 is 0.769 bits per heavy atom. The van der Waals surface area contributed by atoms with Gasteiger partial charge < -0.3 is 33.4 Å². The average molecular weight is 379 g/mol. The van der Waals surface area contributed by atoms with Gasteiger partial charge in [0.25, 0.3) is 0 Å². The van der Waals surface area contributed by atoms with Gasteiger partial charge in [-0.05, 0) is 12.8 Å². The van der Waals surface area contributed by atoms with Gasteiger partial charge in [0, 0.05) is 12.1 Å². The molecule has 1 rings (SSSR count). The molecule has 10 N–H and O–H groups in total. The quantitative estimate of drug-likeness (QED) is 0.506. The minimum atomic E-state index is 0. The summed E-state index contributed by atoms with van der Waals surface area (Å²) in [5, 5.41) is 0. The molecule has 6 nitrogen and oxygen atoms in total. The Kier molecular flexibility index (Phi) is 33.6. The maximum atomic E-state index is 5.65. The summed E-state index contributed by atoms with van der Waals surface area (Å²) in [7, 11) is 0. The fourth-order valence-corrected chi connectivity index (χ4v) is 1.19. The predicted molar refractivity (Wildman–Crippen MR) is 45.5 cm³/mol. The fraction of sp³-hybridized carbons (Fsp3) is 1.00. The molecule has 0 bridgehead atoms. The summed E-state index contributed by atoms with van der Waals surface area (Å²) >= 11 is 0. The molecule has 0 spiro atoms. The first-order chi connectivity index (χ1) is 3.80. The smallest absolute Gasteiger partial charge is 0.870 e. The largest absolute Gasteiger partial charge is 2.00 e. The van der Waals surface area contributed by atoms with E-state index in [1.165, 1.54) is 12.8 Å². The van der Waals surface area contributed by atoms with Crippen molar-refractivity contribution < 1.29 is 43.0 Å². The van der Waals surface area contributed by atoms with Gasteiger partial charge in [-0.25, -0.2) is 0 Å². The summed E-state index contributed by atoms with van der Waals surface area (Å²) in [6.07, 6.45) is 4.80. The van der Waals surface area contributed by atoms with Crippen LogP contribution in [0.5, 0.6) is 0 Å². The van der Waals surface area contributed by atoms with Gasteiger partial charge in [-0.1, -0.05) is 12.8 Å². The maximum absolute atomic E-state index is 5.65. The summed E-state index contributed by atoms with van der Waals surface area (Å²) < 4.78 is 0. The third-order valence-corrected chi connectivity index (χ3v) is 1.87. The van der Waals surface area contributed by atoms with Gasteiger partial charge in [0.15, 0.2) is 0 Å². The molecule has 0 aromatic heterocycles. The molecule has 2 atom stereocenters. The van der Waals surface area contributed by atoms with Crippen LogP contribution in [0.2, 0.25) is 0 Å². The molecular formula is C6H20N2O4Pt. The summed E-state index contributed by atoms with van der Waals surface area (Å²) in [5.74, 6) is 0. The van der Waals surface area contributed by atoms with Crippen LogP contribution in [0, 0.1) is 0 Å². The van der Waals surface area contributed by atoms with Crippen molar-refractivity contribution >= 4 is 0 Å². The van der Waals surface area contributed by atoms with E-state index in [0.29, 0.717) is 0 Å².